The number of nitrogens with one attached hydrogen (secondary N) is 2. The molecule has 31 heavy (non-hydrogen) atoms. The molecule has 3 rings (SSSR count). The number of ether oxygens (including phenoxy) is 2. The average molecular weight is 425 g/mol. The Hall–Kier alpha value is -3.39. The van der Waals surface area contributed by atoms with Crippen LogP contribution in [0.25, 0.3) is 10.9 Å². The number of aromatic amines is 1. The zero-order valence-corrected chi connectivity index (χ0v) is 18.1. The Morgan fingerprint density at radius 1 is 1.13 bits per heavy atom. The maximum Gasteiger partial charge on any atom is 0.258 e. The van der Waals surface area contributed by atoms with E-state index < -0.39 is 0 Å². The number of aromatic nitrogens is 2. The van der Waals surface area contributed by atoms with Gasteiger partial charge >= 0.3 is 0 Å². The minimum absolute atomic E-state index is 0.0783. The van der Waals surface area contributed by atoms with Crippen molar-refractivity contribution in [2.75, 3.05) is 33.9 Å². The van der Waals surface area contributed by atoms with Crippen molar-refractivity contribution in [2.24, 2.45) is 0 Å². The Morgan fingerprint density at radius 2 is 1.90 bits per heavy atom. The second kappa shape index (κ2) is 10.6. The van der Waals surface area contributed by atoms with Crippen LogP contribution in [-0.4, -0.2) is 54.6 Å². The highest BCUT2D eigenvalue weighted by atomic mass is 16.5. The average Bonchev–Trinajstić information content (AvgIpc) is 2.78. The van der Waals surface area contributed by atoms with Crippen LogP contribution in [0.3, 0.4) is 0 Å². The van der Waals surface area contributed by atoms with Gasteiger partial charge in [0.25, 0.3) is 5.56 Å². The lowest BCUT2D eigenvalue weighted by molar-refractivity contribution is -0.122. The molecule has 0 spiro atoms. The number of amides is 1. The topological polar surface area (TPSA) is 96.6 Å². The Labute approximate surface area is 181 Å². The number of carbonyl (C=O) groups is 1. The summed E-state index contributed by atoms with van der Waals surface area (Å²) < 4.78 is 10.6. The molecule has 0 aliphatic heterocycles. The van der Waals surface area contributed by atoms with Gasteiger partial charge in [0, 0.05) is 6.54 Å². The lowest BCUT2D eigenvalue weighted by Crippen LogP contribution is -2.38. The fraction of sp³-hybridized carbons (Fsp3) is 0.348. The first-order valence-electron chi connectivity index (χ1n) is 10.2. The number of methoxy groups -OCH3 is 2. The van der Waals surface area contributed by atoms with Gasteiger partial charge in [-0.05, 0) is 42.8 Å². The van der Waals surface area contributed by atoms with E-state index in [1.54, 1.807) is 20.3 Å². The van der Waals surface area contributed by atoms with Gasteiger partial charge in [0.1, 0.15) is 5.82 Å². The van der Waals surface area contributed by atoms with Crippen LogP contribution in [-0.2, 0) is 17.8 Å². The van der Waals surface area contributed by atoms with Gasteiger partial charge in [0.15, 0.2) is 11.5 Å². The van der Waals surface area contributed by atoms with Crippen molar-refractivity contribution in [2.45, 2.75) is 19.9 Å². The first-order chi connectivity index (χ1) is 15.0. The minimum Gasteiger partial charge on any atom is -0.493 e. The third-order valence-electron chi connectivity index (χ3n) is 5.03. The van der Waals surface area contributed by atoms with Gasteiger partial charge in [-0.15, -0.1) is 0 Å². The van der Waals surface area contributed by atoms with Crippen molar-refractivity contribution >= 4 is 16.8 Å². The Kier molecular flexibility index (Phi) is 7.61. The third-order valence-corrected chi connectivity index (χ3v) is 5.03. The van der Waals surface area contributed by atoms with Crippen molar-refractivity contribution in [3.8, 4) is 11.5 Å². The van der Waals surface area contributed by atoms with Crippen molar-refractivity contribution in [1.29, 1.82) is 0 Å². The van der Waals surface area contributed by atoms with Crippen LogP contribution in [0.1, 0.15) is 18.3 Å². The molecule has 0 saturated heterocycles. The van der Waals surface area contributed by atoms with E-state index in [9.17, 15) is 9.59 Å². The minimum atomic E-state index is -0.170. The number of nitrogens with zero attached hydrogens (tertiary/aromatic N) is 2. The summed E-state index contributed by atoms with van der Waals surface area (Å²) in [5.41, 5.74) is 1.52. The Balaban J connectivity index is 1.54. The largest absolute Gasteiger partial charge is 0.493 e. The number of hydrogen-bond donors (Lipinski definition) is 2. The van der Waals surface area contributed by atoms with E-state index >= 15 is 0 Å². The molecule has 1 amide bonds. The third kappa shape index (κ3) is 5.82. The first kappa shape index (κ1) is 22.3. The second-order valence-corrected chi connectivity index (χ2v) is 7.12. The van der Waals surface area contributed by atoms with E-state index in [1.807, 2.05) is 48.2 Å². The maximum absolute atomic E-state index is 12.4. The SMILES string of the molecule is CCN(CC(=O)NCCc1ccc(OC)c(OC)c1)Cc1nc2ccccc2c(=O)[nH]1. The van der Waals surface area contributed by atoms with Crippen LogP contribution in [0.4, 0.5) is 0 Å². The van der Waals surface area contributed by atoms with Gasteiger partial charge in [0.05, 0.1) is 38.2 Å². The molecule has 2 aromatic carbocycles. The zero-order valence-electron chi connectivity index (χ0n) is 18.1. The highest BCUT2D eigenvalue weighted by Gasteiger charge is 2.12. The lowest BCUT2D eigenvalue weighted by Gasteiger charge is -2.19. The molecule has 8 nitrogen and oxygen atoms in total. The van der Waals surface area contributed by atoms with Crippen LogP contribution >= 0.6 is 0 Å². The zero-order chi connectivity index (χ0) is 22.2. The van der Waals surface area contributed by atoms with Crippen LogP contribution in [0.5, 0.6) is 11.5 Å². The molecule has 164 valence electrons. The molecule has 0 unspecified atom stereocenters. The van der Waals surface area contributed by atoms with Crippen molar-refractivity contribution < 1.29 is 14.3 Å². The summed E-state index contributed by atoms with van der Waals surface area (Å²) in [6.45, 7) is 3.74. The molecule has 1 aromatic heterocycles. The smallest absolute Gasteiger partial charge is 0.258 e. The number of rotatable bonds is 10. The number of H-pyrrole nitrogens is 1. The van der Waals surface area contributed by atoms with Crippen LogP contribution in [0.2, 0.25) is 0 Å². The van der Waals surface area contributed by atoms with E-state index in [4.69, 9.17) is 9.47 Å². The molecule has 0 saturated carbocycles. The van der Waals surface area contributed by atoms with Gasteiger partial charge in [-0.2, -0.15) is 0 Å². The van der Waals surface area contributed by atoms with Crippen molar-refractivity contribution in [3.63, 3.8) is 0 Å². The number of likely N-dealkylation sites (N-methyl/N-ethyl adjacent to an activating group) is 1. The molecule has 0 aliphatic carbocycles. The summed E-state index contributed by atoms with van der Waals surface area (Å²) in [4.78, 5) is 33.9. The molecule has 1 heterocycles. The lowest BCUT2D eigenvalue weighted by atomic mass is 10.1. The Bertz CT molecular complexity index is 1100. The Morgan fingerprint density at radius 3 is 2.65 bits per heavy atom. The standard InChI is InChI=1S/C23H28N4O4/c1-4-27(14-21-25-18-8-6-5-7-17(18)23(29)26-21)15-22(28)24-12-11-16-9-10-19(30-2)20(13-16)31-3/h5-10,13H,4,11-12,14-15H2,1-3H3,(H,24,28)(H,25,26,29). The molecule has 0 atom stereocenters. The molecule has 0 radical (unpaired) electrons. The molecule has 8 heteroatoms. The van der Waals surface area contributed by atoms with E-state index in [-0.39, 0.29) is 18.0 Å². The number of benzene rings is 2. The summed E-state index contributed by atoms with van der Waals surface area (Å²) in [6.07, 6.45) is 0.678. The number of para-hydroxylation sites is 1. The van der Waals surface area contributed by atoms with Crippen LogP contribution in [0.15, 0.2) is 47.3 Å². The van der Waals surface area contributed by atoms with Gasteiger partial charge < -0.3 is 19.8 Å². The number of carbonyl (C=O) groups excluding carboxylic acids is 1. The fourth-order valence-corrected chi connectivity index (χ4v) is 3.34. The molecular formula is C23H28N4O4. The van der Waals surface area contributed by atoms with Gasteiger partial charge in [-0.3, -0.25) is 14.5 Å². The van der Waals surface area contributed by atoms with Crippen LogP contribution in [0, 0.1) is 0 Å². The quantitative estimate of drug-likeness (QED) is 0.518. The molecule has 2 N–H and O–H groups in total. The number of hydrogen-bond acceptors (Lipinski definition) is 6. The molecular weight excluding hydrogens is 396 g/mol. The van der Waals surface area contributed by atoms with Gasteiger partial charge in [0.2, 0.25) is 5.91 Å². The summed E-state index contributed by atoms with van der Waals surface area (Å²) in [6, 6.07) is 12.9. The summed E-state index contributed by atoms with van der Waals surface area (Å²) in [5, 5.41) is 3.50. The van der Waals surface area contributed by atoms with E-state index in [2.05, 4.69) is 15.3 Å². The van der Waals surface area contributed by atoms with Gasteiger partial charge in [-0.1, -0.05) is 25.1 Å². The summed E-state index contributed by atoms with van der Waals surface area (Å²) >= 11 is 0. The summed E-state index contributed by atoms with van der Waals surface area (Å²) in [5.74, 6) is 1.81. The van der Waals surface area contributed by atoms with Crippen molar-refractivity contribution in [1.82, 2.24) is 20.2 Å². The maximum atomic E-state index is 12.4. The van der Waals surface area contributed by atoms with E-state index in [0.717, 1.165) is 5.56 Å². The van der Waals surface area contributed by atoms with E-state index in [0.29, 0.717) is 54.3 Å². The monoisotopic (exact) mass is 424 g/mol. The van der Waals surface area contributed by atoms with Gasteiger partial charge in [-0.25, -0.2) is 4.98 Å². The highest BCUT2D eigenvalue weighted by Crippen LogP contribution is 2.27. The predicted molar refractivity (Wildman–Crippen MR) is 120 cm³/mol. The number of fused-ring (bicyclic) bond motifs is 1. The van der Waals surface area contributed by atoms with E-state index in [1.165, 1.54) is 0 Å². The summed E-state index contributed by atoms with van der Waals surface area (Å²) in [7, 11) is 3.20. The first-order valence-corrected chi connectivity index (χ1v) is 10.2. The second-order valence-electron chi connectivity index (χ2n) is 7.12. The molecule has 0 fully saturated rings. The van der Waals surface area contributed by atoms with Crippen LogP contribution < -0.4 is 20.3 Å². The fourth-order valence-electron chi connectivity index (χ4n) is 3.34. The molecule has 3 aromatic rings. The van der Waals surface area contributed by atoms with Crippen molar-refractivity contribution in [3.05, 3.63) is 64.2 Å². The molecule has 0 bridgehead atoms. The normalized spacial score (nSPS) is 11.0. The predicted octanol–water partition coefficient (Wildman–Crippen LogP) is 2.12. The highest BCUT2D eigenvalue weighted by molar-refractivity contribution is 5.78. The molecule has 0 aliphatic rings.